The third kappa shape index (κ3) is 3.90. The molecule has 2 aliphatic heterocycles. The fourth-order valence-corrected chi connectivity index (χ4v) is 3.31. The third-order valence-electron chi connectivity index (χ3n) is 4.70. The summed E-state index contributed by atoms with van der Waals surface area (Å²) in [5.41, 5.74) is 0. The molecule has 2 fully saturated rings. The molecule has 3 heterocycles. The van der Waals surface area contributed by atoms with Crippen LogP contribution < -0.4 is 5.32 Å². The van der Waals surface area contributed by atoms with Crippen molar-refractivity contribution in [1.82, 2.24) is 15.5 Å². The minimum atomic E-state index is -0.369. The molecule has 0 spiro atoms. The molecule has 3 rings (SSSR count). The van der Waals surface area contributed by atoms with Gasteiger partial charge in [-0.15, -0.1) is 0 Å². The molecule has 2 aliphatic rings. The summed E-state index contributed by atoms with van der Waals surface area (Å²) in [6, 6.07) is -0.267. The SMILES string of the molecule is CC[C@@H]1CC[C@@H](C(=O)N[C@H](c2nc(C)no2)C2CCOCC2)O1. The summed E-state index contributed by atoms with van der Waals surface area (Å²) in [7, 11) is 0. The van der Waals surface area contributed by atoms with Crippen molar-refractivity contribution in [1.29, 1.82) is 0 Å². The summed E-state index contributed by atoms with van der Waals surface area (Å²) in [4.78, 5) is 16.9. The van der Waals surface area contributed by atoms with Gasteiger partial charge < -0.3 is 19.3 Å². The lowest BCUT2D eigenvalue weighted by Crippen LogP contribution is -2.41. The van der Waals surface area contributed by atoms with E-state index in [1.807, 2.05) is 0 Å². The minimum absolute atomic E-state index is 0.0757. The van der Waals surface area contributed by atoms with Crippen molar-refractivity contribution in [3.05, 3.63) is 11.7 Å². The maximum Gasteiger partial charge on any atom is 0.249 e. The fourth-order valence-electron chi connectivity index (χ4n) is 3.31. The van der Waals surface area contributed by atoms with Crippen LogP contribution >= 0.6 is 0 Å². The summed E-state index contributed by atoms with van der Waals surface area (Å²) in [5.74, 6) is 1.23. The molecule has 0 bridgehead atoms. The van der Waals surface area contributed by atoms with Crippen molar-refractivity contribution in [2.45, 2.75) is 64.2 Å². The molecular formula is C16H25N3O4. The number of carbonyl (C=O) groups excluding carboxylic acids is 1. The van der Waals surface area contributed by atoms with Crippen molar-refractivity contribution in [2.24, 2.45) is 5.92 Å². The summed E-state index contributed by atoms with van der Waals surface area (Å²) in [5, 5.41) is 6.95. The van der Waals surface area contributed by atoms with Crippen LogP contribution in [0.5, 0.6) is 0 Å². The van der Waals surface area contributed by atoms with Gasteiger partial charge in [0.1, 0.15) is 12.1 Å². The molecule has 128 valence electrons. The Balaban J connectivity index is 1.69. The fraction of sp³-hybridized carbons (Fsp3) is 0.812. The molecule has 3 atom stereocenters. The molecule has 7 heteroatoms. The molecule has 0 radical (unpaired) electrons. The molecule has 1 N–H and O–H groups in total. The van der Waals surface area contributed by atoms with Crippen LogP contribution in [0.3, 0.4) is 0 Å². The van der Waals surface area contributed by atoms with Gasteiger partial charge in [-0.1, -0.05) is 12.1 Å². The number of ether oxygens (including phenoxy) is 2. The molecule has 23 heavy (non-hydrogen) atoms. The van der Waals surface area contributed by atoms with Crippen LogP contribution in [0.1, 0.15) is 56.8 Å². The molecule has 7 nitrogen and oxygen atoms in total. The van der Waals surface area contributed by atoms with Crippen LogP contribution in [-0.4, -0.2) is 41.5 Å². The first kappa shape index (κ1) is 16.4. The average molecular weight is 323 g/mol. The highest BCUT2D eigenvalue weighted by atomic mass is 16.5. The minimum Gasteiger partial charge on any atom is -0.381 e. The van der Waals surface area contributed by atoms with Crippen LogP contribution in [0.2, 0.25) is 0 Å². The number of nitrogens with zero attached hydrogens (tertiary/aromatic N) is 2. The van der Waals surface area contributed by atoms with Crippen LogP contribution in [0.4, 0.5) is 0 Å². The largest absolute Gasteiger partial charge is 0.381 e. The van der Waals surface area contributed by atoms with Crippen molar-refractivity contribution < 1.29 is 18.8 Å². The Morgan fingerprint density at radius 3 is 2.70 bits per heavy atom. The van der Waals surface area contributed by atoms with E-state index in [-0.39, 0.29) is 30.1 Å². The number of hydrogen-bond donors (Lipinski definition) is 1. The smallest absolute Gasteiger partial charge is 0.249 e. The van der Waals surface area contributed by atoms with Gasteiger partial charge in [0.15, 0.2) is 5.82 Å². The Kier molecular flexibility index (Phi) is 5.27. The first-order valence-corrected chi connectivity index (χ1v) is 8.51. The summed E-state index contributed by atoms with van der Waals surface area (Å²) >= 11 is 0. The van der Waals surface area contributed by atoms with Gasteiger partial charge >= 0.3 is 0 Å². The Bertz CT molecular complexity index is 527. The lowest BCUT2D eigenvalue weighted by atomic mass is 9.91. The lowest BCUT2D eigenvalue weighted by Gasteiger charge is -2.29. The van der Waals surface area contributed by atoms with E-state index >= 15 is 0 Å². The summed E-state index contributed by atoms with van der Waals surface area (Å²) in [6.07, 6.45) is 4.22. The zero-order chi connectivity index (χ0) is 16.2. The van der Waals surface area contributed by atoms with Crippen molar-refractivity contribution in [3.8, 4) is 0 Å². The molecule has 0 aromatic carbocycles. The average Bonchev–Trinajstić information content (AvgIpc) is 3.22. The van der Waals surface area contributed by atoms with Crippen LogP contribution in [-0.2, 0) is 14.3 Å². The third-order valence-corrected chi connectivity index (χ3v) is 4.70. The number of aryl methyl sites for hydroxylation is 1. The first-order chi connectivity index (χ1) is 11.2. The summed E-state index contributed by atoms with van der Waals surface area (Å²) in [6.45, 7) is 5.25. The molecular weight excluding hydrogens is 298 g/mol. The van der Waals surface area contributed by atoms with E-state index in [0.717, 1.165) is 32.1 Å². The van der Waals surface area contributed by atoms with Gasteiger partial charge in [0.05, 0.1) is 6.10 Å². The van der Waals surface area contributed by atoms with Crippen molar-refractivity contribution in [2.75, 3.05) is 13.2 Å². The zero-order valence-electron chi connectivity index (χ0n) is 13.8. The first-order valence-electron chi connectivity index (χ1n) is 8.51. The summed E-state index contributed by atoms with van der Waals surface area (Å²) < 4.78 is 16.5. The monoisotopic (exact) mass is 323 g/mol. The van der Waals surface area contributed by atoms with Gasteiger partial charge in [-0.3, -0.25) is 4.79 Å². The topological polar surface area (TPSA) is 86.5 Å². The molecule has 0 aliphatic carbocycles. The Hall–Kier alpha value is -1.47. The zero-order valence-corrected chi connectivity index (χ0v) is 13.8. The Morgan fingerprint density at radius 2 is 2.09 bits per heavy atom. The van der Waals surface area contributed by atoms with E-state index in [4.69, 9.17) is 14.0 Å². The van der Waals surface area contributed by atoms with Crippen molar-refractivity contribution in [3.63, 3.8) is 0 Å². The number of hydrogen-bond acceptors (Lipinski definition) is 6. The highest BCUT2D eigenvalue weighted by Crippen LogP contribution is 2.30. The highest BCUT2D eigenvalue weighted by Gasteiger charge is 2.35. The van der Waals surface area contributed by atoms with E-state index < -0.39 is 0 Å². The second-order valence-corrected chi connectivity index (χ2v) is 6.35. The predicted molar refractivity (Wildman–Crippen MR) is 81.6 cm³/mol. The standard InChI is InChI=1S/C16H25N3O4/c1-3-12-4-5-13(22-12)15(20)18-14(11-6-8-21-9-7-11)16-17-10(2)19-23-16/h11-14H,3-9H2,1-2H3,(H,18,20)/t12-,13+,14+/m1/s1. The maximum absolute atomic E-state index is 12.6. The van der Waals surface area contributed by atoms with Crippen LogP contribution in [0, 0.1) is 12.8 Å². The maximum atomic E-state index is 12.6. The Labute approximate surface area is 136 Å². The van der Waals surface area contributed by atoms with Gasteiger partial charge in [-0.25, -0.2) is 0 Å². The lowest BCUT2D eigenvalue weighted by molar-refractivity contribution is -0.133. The normalized spacial score (nSPS) is 27.0. The van der Waals surface area contributed by atoms with Gasteiger partial charge in [0.25, 0.3) is 0 Å². The molecule has 1 aromatic heterocycles. The van der Waals surface area contributed by atoms with E-state index in [1.54, 1.807) is 6.92 Å². The van der Waals surface area contributed by atoms with E-state index in [2.05, 4.69) is 22.4 Å². The van der Waals surface area contributed by atoms with Crippen LogP contribution in [0.25, 0.3) is 0 Å². The molecule has 0 saturated carbocycles. The highest BCUT2D eigenvalue weighted by molar-refractivity contribution is 5.81. The second-order valence-electron chi connectivity index (χ2n) is 6.35. The molecule has 1 amide bonds. The van der Waals surface area contributed by atoms with Gasteiger partial charge in [-0.2, -0.15) is 4.98 Å². The number of rotatable bonds is 5. The van der Waals surface area contributed by atoms with Gasteiger partial charge in [0.2, 0.25) is 11.8 Å². The predicted octanol–water partition coefficient (Wildman–Crippen LogP) is 1.92. The molecule has 0 unspecified atom stereocenters. The van der Waals surface area contributed by atoms with Gasteiger partial charge in [-0.05, 0) is 44.9 Å². The number of amides is 1. The number of nitrogens with one attached hydrogen (secondary N) is 1. The number of carbonyl (C=O) groups is 1. The van der Waals surface area contributed by atoms with Gasteiger partial charge in [0, 0.05) is 13.2 Å². The Morgan fingerprint density at radius 1 is 1.30 bits per heavy atom. The quantitative estimate of drug-likeness (QED) is 0.891. The number of aromatic nitrogens is 2. The van der Waals surface area contributed by atoms with E-state index in [0.29, 0.717) is 24.9 Å². The van der Waals surface area contributed by atoms with E-state index in [1.165, 1.54) is 0 Å². The van der Waals surface area contributed by atoms with Crippen LogP contribution in [0.15, 0.2) is 4.52 Å². The molecule has 1 aromatic rings. The van der Waals surface area contributed by atoms with E-state index in [9.17, 15) is 4.79 Å². The second kappa shape index (κ2) is 7.40. The van der Waals surface area contributed by atoms with Crippen molar-refractivity contribution >= 4 is 5.91 Å². The molecule has 2 saturated heterocycles.